The summed E-state index contributed by atoms with van der Waals surface area (Å²) in [6, 6.07) is 9.33. The van der Waals surface area contributed by atoms with Crippen LogP contribution in [0, 0.1) is 0 Å². The molecule has 0 bridgehead atoms. The summed E-state index contributed by atoms with van der Waals surface area (Å²) in [6.45, 7) is 1.32. The first-order chi connectivity index (χ1) is 8.33. The predicted octanol–water partition coefficient (Wildman–Crippen LogP) is 1.55. The molecule has 0 aliphatic carbocycles. The molecule has 17 heavy (non-hydrogen) atoms. The summed E-state index contributed by atoms with van der Waals surface area (Å²) in [7, 11) is 0. The number of hydrogen-bond acceptors (Lipinski definition) is 5. The number of aliphatic imine (C=N–C) groups is 1. The lowest BCUT2D eigenvalue weighted by Crippen LogP contribution is -2.24. The first kappa shape index (κ1) is 9.89. The van der Waals surface area contributed by atoms with Crippen LogP contribution in [0.1, 0.15) is 10.6 Å². The summed E-state index contributed by atoms with van der Waals surface area (Å²) in [5, 5.41) is 3.73. The van der Waals surface area contributed by atoms with Gasteiger partial charge < -0.3 is 14.5 Å². The molecule has 0 radical (unpaired) electrons. The van der Waals surface area contributed by atoms with E-state index in [2.05, 4.69) is 10.3 Å². The molecule has 5 heteroatoms. The van der Waals surface area contributed by atoms with Crippen LogP contribution >= 0.6 is 0 Å². The van der Waals surface area contributed by atoms with Gasteiger partial charge in [-0.1, -0.05) is 18.2 Å². The molecule has 1 N–H and O–H groups in total. The number of furan rings is 1. The summed E-state index contributed by atoms with van der Waals surface area (Å²) in [5.41, 5.74) is 0.667. The van der Waals surface area contributed by atoms with Crippen molar-refractivity contribution in [2.45, 2.75) is 0 Å². The van der Waals surface area contributed by atoms with Crippen molar-refractivity contribution in [2.75, 3.05) is 13.1 Å². The van der Waals surface area contributed by atoms with Crippen molar-refractivity contribution in [3.8, 4) is 0 Å². The van der Waals surface area contributed by atoms with Gasteiger partial charge in [0.15, 0.2) is 0 Å². The summed E-state index contributed by atoms with van der Waals surface area (Å²) in [6.07, 6.45) is 0. The highest BCUT2D eigenvalue weighted by molar-refractivity contribution is 5.98. The van der Waals surface area contributed by atoms with E-state index in [-0.39, 0.29) is 11.8 Å². The maximum absolute atomic E-state index is 11.7. The zero-order valence-electron chi connectivity index (χ0n) is 8.97. The van der Waals surface area contributed by atoms with E-state index in [0.29, 0.717) is 18.7 Å². The van der Waals surface area contributed by atoms with E-state index in [1.54, 1.807) is 12.1 Å². The molecule has 1 aromatic carbocycles. The molecular weight excluding hydrogens is 220 g/mol. The largest absolute Gasteiger partial charge is 0.449 e. The molecule has 0 atom stereocenters. The van der Waals surface area contributed by atoms with Gasteiger partial charge in [-0.05, 0) is 12.1 Å². The summed E-state index contributed by atoms with van der Waals surface area (Å²) < 4.78 is 10.4. The van der Waals surface area contributed by atoms with Crippen LogP contribution in [0.4, 0.5) is 0 Å². The number of fused-ring (bicyclic) bond motifs is 1. The van der Waals surface area contributed by atoms with Crippen molar-refractivity contribution >= 4 is 23.0 Å². The fourth-order valence-electron chi connectivity index (χ4n) is 1.67. The zero-order chi connectivity index (χ0) is 11.7. The van der Waals surface area contributed by atoms with Crippen LogP contribution in [-0.2, 0) is 4.74 Å². The van der Waals surface area contributed by atoms with E-state index < -0.39 is 5.97 Å². The lowest BCUT2D eigenvalue weighted by Gasteiger charge is -2.00. The van der Waals surface area contributed by atoms with Gasteiger partial charge in [-0.15, -0.1) is 0 Å². The molecule has 0 saturated heterocycles. The Morgan fingerprint density at radius 3 is 3.06 bits per heavy atom. The highest BCUT2D eigenvalue weighted by Crippen LogP contribution is 2.19. The number of nitrogens with zero attached hydrogens (tertiary/aromatic N) is 1. The van der Waals surface area contributed by atoms with Gasteiger partial charge in [0, 0.05) is 11.9 Å². The number of carbonyl (C=O) groups excluding carboxylic acids is 1. The number of hydrogen-bond donors (Lipinski definition) is 1. The molecule has 0 saturated carbocycles. The van der Waals surface area contributed by atoms with Gasteiger partial charge in [0.1, 0.15) is 5.58 Å². The summed E-state index contributed by atoms with van der Waals surface area (Å²) in [4.78, 5) is 15.7. The van der Waals surface area contributed by atoms with Gasteiger partial charge in [0.05, 0.1) is 6.54 Å². The molecular formula is C12H10N2O3. The second kappa shape index (κ2) is 3.93. The molecule has 0 amide bonds. The molecule has 1 aliphatic heterocycles. The van der Waals surface area contributed by atoms with Crippen LogP contribution < -0.4 is 5.32 Å². The monoisotopic (exact) mass is 230 g/mol. The zero-order valence-corrected chi connectivity index (χ0v) is 8.97. The molecule has 0 unspecified atom stereocenters. The Morgan fingerprint density at radius 1 is 1.41 bits per heavy atom. The van der Waals surface area contributed by atoms with E-state index >= 15 is 0 Å². The van der Waals surface area contributed by atoms with Crippen LogP contribution in [0.25, 0.3) is 11.0 Å². The molecule has 1 aliphatic rings. The number of nitrogens with one attached hydrogen (secondary N) is 1. The Labute approximate surface area is 97.1 Å². The third kappa shape index (κ3) is 1.87. The SMILES string of the molecule is O=C(OC1=NCCN1)c1cc2ccccc2o1. The van der Waals surface area contributed by atoms with E-state index in [1.807, 2.05) is 18.2 Å². The number of ether oxygens (including phenoxy) is 1. The number of para-hydroxylation sites is 1. The second-order valence-electron chi connectivity index (χ2n) is 3.65. The Kier molecular flexibility index (Phi) is 2.29. The Bertz CT molecular complexity index is 568. The van der Waals surface area contributed by atoms with Crippen molar-refractivity contribution in [3.05, 3.63) is 36.1 Å². The van der Waals surface area contributed by atoms with Gasteiger partial charge in [-0.25, -0.2) is 9.79 Å². The average Bonchev–Trinajstić information content (AvgIpc) is 2.96. The quantitative estimate of drug-likeness (QED) is 0.755. The van der Waals surface area contributed by atoms with Gasteiger partial charge in [0.25, 0.3) is 6.02 Å². The number of rotatable bonds is 1. The van der Waals surface area contributed by atoms with Gasteiger partial charge in [0.2, 0.25) is 5.76 Å². The van der Waals surface area contributed by atoms with Crippen LogP contribution in [0.15, 0.2) is 39.7 Å². The first-order valence-electron chi connectivity index (χ1n) is 5.32. The maximum Gasteiger partial charge on any atom is 0.382 e. The Morgan fingerprint density at radius 2 is 2.29 bits per heavy atom. The Balaban J connectivity index is 1.85. The predicted molar refractivity (Wildman–Crippen MR) is 61.9 cm³/mol. The van der Waals surface area contributed by atoms with Crippen LogP contribution in [0.3, 0.4) is 0 Å². The lowest BCUT2D eigenvalue weighted by atomic mass is 10.2. The minimum absolute atomic E-state index is 0.183. The van der Waals surface area contributed by atoms with Crippen molar-refractivity contribution in [2.24, 2.45) is 4.99 Å². The number of esters is 1. The molecule has 86 valence electrons. The number of carbonyl (C=O) groups is 1. The lowest BCUT2D eigenvalue weighted by molar-refractivity contribution is 0.0679. The summed E-state index contributed by atoms with van der Waals surface area (Å²) >= 11 is 0. The highest BCUT2D eigenvalue weighted by atomic mass is 16.6. The van der Waals surface area contributed by atoms with Crippen molar-refractivity contribution in [1.82, 2.24) is 5.32 Å². The normalized spacial score (nSPS) is 14.5. The standard InChI is InChI=1S/C12H10N2O3/c15-11(17-12-13-5-6-14-12)10-7-8-3-1-2-4-9(8)16-10/h1-4,7H,5-6H2,(H,13,14). The third-order valence-electron chi connectivity index (χ3n) is 2.46. The fourth-order valence-corrected chi connectivity index (χ4v) is 1.67. The fraction of sp³-hybridized carbons (Fsp3) is 0.167. The number of amidine groups is 1. The minimum atomic E-state index is -0.533. The van der Waals surface area contributed by atoms with Crippen molar-refractivity contribution in [3.63, 3.8) is 0 Å². The molecule has 0 fully saturated rings. The molecule has 1 aromatic heterocycles. The van der Waals surface area contributed by atoms with E-state index in [0.717, 1.165) is 5.39 Å². The Hall–Kier alpha value is -2.30. The first-order valence-corrected chi connectivity index (χ1v) is 5.32. The van der Waals surface area contributed by atoms with Gasteiger partial charge in [-0.3, -0.25) is 0 Å². The molecule has 2 heterocycles. The van der Waals surface area contributed by atoms with E-state index in [4.69, 9.17) is 9.15 Å². The van der Waals surface area contributed by atoms with Crippen molar-refractivity contribution in [1.29, 1.82) is 0 Å². The number of benzene rings is 1. The average molecular weight is 230 g/mol. The van der Waals surface area contributed by atoms with Gasteiger partial charge >= 0.3 is 5.97 Å². The van der Waals surface area contributed by atoms with Crippen LogP contribution in [-0.4, -0.2) is 25.1 Å². The second-order valence-corrected chi connectivity index (χ2v) is 3.65. The van der Waals surface area contributed by atoms with Crippen molar-refractivity contribution < 1.29 is 13.9 Å². The third-order valence-corrected chi connectivity index (χ3v) is 2.46. The topological polar surface area (TPSA) is 63.8 Å². The molecule has 3 rings (SSSR count). The highest BCUT2D eigenvalue weighted by Gasteiger charge is 2.17. The van der Waals surface area contributed by atoms with Crippen LogP contribution in [0.5, 0.6) is 0 Å². The van der Waals surface area contributed by atoms with Crippen LogP contribution in [0.2, 0.25) is 0 Å². The minimum Gasteiger partial charge on any atom is -0.449 e. The molecule has 5 nitrogen and oxygen atoms in total. The molecule has 2 aromatic rings. The maximum atomic E-state index is 11.7. The van der Waals surface area contributed by atoms with E-state index in [9.17, 15) is 4.79 Å². The smallest absolute Gasteiger partial charge is 0.382 e. The van der Waals surface area contributed by atoms with E-state index in [1.165, 1.54) is 0 Å². The van der Waals surface area contributed by atoms with Gasteiger partial charge in [-0.2, -0.15) is 0 Å². The molecule has 0 spiro atoms. The summed E-state index contributed by atoms with van der Waals surface area (Å²) in [5.74, 6) is -0.350.